The molecule has 3 fully saturated rings. The molecule has 2 amide bonds. The van der Waals surface area contributed by atoms with Gasteiger partial charge < -0.3 is 15.4 Å². The SMILES string of the molecule is N#CCC1(n2cc(C(N)=O)c(CC(=O)C3CC3)n2)CCN(C(=O)OCC2CC2)CC1. The van der Waals surface area contributed by atoms with Crippen LogP contribution in [-0.4, -0.2) is 52.2 Å². The number of Topliss-reactive ketones (excluding diaryl/α,β-unsaturated/α-hetero) is 1. The maximum Gasteiger partial charge on any atom is 0.409 e. The number of likely N-dealkylation sites (tertiary alicyclic amines) is 1. The number of hydrogen-bond donors (Lipinski definition) is 1. The summed E-state index contributed by atoms with van der Waals surface area (Å²) in [5, 5.41) is 14.0. The van der Waals surface area contributed by atoms with Gasteiger partial charge in [-0.2, -0.15) is 10.4 Å². The number of amides is 2. The molecule has 0 radical (unpaired) electrons. The molecule has 0 bridgehead atoms. The topological polar surface area (TPSA) is 131 Å². The third-order valence-corrected chi connectivity index (χ3v) is 6.42. The van der Waals surface area contributed by atoms with E-state index in [9.17, 15) is 19.6 Å². The fourth-order valence-corrected chi connectivity index (χ4v) is 4.01. The molecule has 2 saturated carbocycles. The van der Waals surface area contributed by atoms with Crippen LogP contribution in [0.4, 0.5) is 4.79 Å². The second-order valence-corrected chi connectivity index (χ2v) is 8.78. The Balaban J connectivity index is 1.49. The van der Waals surface area contributed by atoms with E-state index in [1.807, 2.05) is 0 Å². The first kappa shape index (κ1) is 20.4. The average molecular weight is 413 g/mol. The Morgan fingerprint density at radius 3 is 2.50 bits per heavy atom. The quantitative estimate of drug-likeness (QED) is 0.691. The van der Waals surface area contributed by atoms with Crippen LogP contribution in [0.15, 0.2) is 6.20 Å². The molecule has 160 valence electrons. The summed E-state index contributed by atoms with van der Waals surface area (Å²) in [6.45, 7) is 1.35. The number of nitrogens with two attached hydrogens (primary N) is 1. The molecule has 30 heavy (non-hydrogen) atoms. The van der Waals surface area contributed by atoms with E-state index in [2.05, 4.69) is 11.2 Å². The number of hydrogen-bond acceptors (Lipinski definition) is 6. The highest BCUT2D eigenvalue weighted by Crippen LogP contribution is 2.35. The van der Waals surface area contributed by atoms with E-state index in [0.717, 1.165) is 25.7 Å². The van der Waals surface area contributed by atoms with Gasteiger partial charge in [0.1, 0.15) is 5.78 Å². The third kappa shape index (κ3) is 4.32. The van der Waals surface area contributed by atoms with Crippen LogP contribution in [0.3, 0.4) is 0 Å². The standard InChI is InChI=1S/C21H27N5O4/c22-8-5-21(6-9-25(10-7-21)20(29)30-13-14-1-2-14)26-12-16(19(23)28)17(24-26)11-18(27)15-3-4-15/h12,14-15H,1-7,9-11,13H2,(H2,23,28). The molecule has 9 nitrogen and oxygen atoms in total. The Labute approximate surface area is 175 Å². The second kappa shape index (κ2) is 8.09. The number of aromatic nitrogens is 2. The third-order valence-electron chi connectivity index (χ3n) is 6.42. The number of piperidine rings is 1. The van der Waals surface area contributed by atoms with Crippen LogP contribution in [-0.2, 0) is 21.5 Å². The van der Waals surface area contributed by atoms with Crippen LogP contribution in [0.25, 0.3) is 0 Å². The molecule has 2 aliphatic carbocycles. The van der Waals surface area contributed by atoms with E-state index in [0.29, 0.717) is 44.1 Å². The zero-order valence-electron chi connectivity index (χ0n) is 17.0. The lowest BCUT2D eigenvalue weighted by Gasteiger charge is -2.40. The smallest absolute Gasteiger partial charge is 0.409 e. The Morgan fingerprint density at radius 2 is 1.93 bits per heavy atom. The molecule has 1 aliphatic heterocycles. The van der Waals surface area contributed by atoms with Crippen molar-refractivity contribution in [1.82, 2.24) is 14.7 Å². The van der Waals surface area contributed by atoms with Gasteiger partial charge >= 0.3 is 6.09 Å². The van der Waals surface area contributed by atoms with E-state index < -0.39 is 11.4 Å². The predicted octanol–water partition coefficient (Wildman–Crippen LogP) is 1.75. The maximum atomic E-state index is 12.3. The molecule has 1 aromatic rings. The zero-order valence-corrected chi connectivity index (χ0v) is 17.0. The molecule has 1 aromatic heterocycles. The number of nitriles is 1. The Bertz CT molecular complexity index is 886. The highest BCUT2D eigenvalue weighted by atomic mass is 16.6. The fraction of sp³-hybridized carbons (Fsp3) is 0.667. The summed E-state index contributed by atoms with van der Waals surface area (Å²) in [6.07, 6.45) is 6.54. The Kier molecular flexibility index (Phi) is 5.50. The molecular formula is C21H27N5O4. The molecule has 2 N–H and O–H groups in total. The summed E-state index contributed by atoms with van der Waals surface area (Å²) in [6, 6.07) is 2.22. The normalized spacial score (nSPS) is 20.4. The van der Waals surface area contributed by atoms with E-state index >= 15 is 0 Å². The van der Waals surface area contributed by atoms with Crippen molar-refractivity contribution < 1.29 is 19.1 Å². The average Bonchev–Trinajstić information content (AvgIpc) is 3.64. The second-order valence-electron chi connectivity index (χ2n) is 8.78. The largest absolute Gasteiger partial charge is 0.449 e. The van der Waals surface area contributed by atoms with Crippen molar-refractivity contribution >= 4 is 17.8 Å². The van der Waals surface area contributed by atoms with Crippen LogP contribution < -0.4 is 5.73 Å². The molecule has 3 aliphatic rings. The van der Waals surface area contributed by atoms with Gasteiger partial charge in [0.25, 0.3) is 5.91 Å². The van der Waals surface area contributed by atoms with E-state index in [1.165, 1.54) is 0 Å². The van der Waals surface area contributed by atoms with E-state index in [1.54, 1.807) is 15.8 Å². The molecule has 9 heteroatoms. The van der Waals surface area contributed by atoms with Gasteiger partial charge in [0.15, 0.2) is 0 Å². The number of ketones is 1. The summed E-state index contributed by atoms with van der Waals surface area (Å²) in [7, 11) is 0. The van der Waals surface area contributed by atoms with Gasteiger partial charge in [0.05, 0.1) is 42.3 Å². The lowest BCUT2D eigenvalue weighted by atomic mass is 9.85. The summed E-state index contributed by atoms with van der Waals surface area (Å²) < 4.78 is 7.00. The monoisotopic (exact) mass is 413 g/mol. The maximum absolute atomic E-state index is 12.3. The van der Waals surface area contributed by atoms with Crippen LogP contribution in [0.1, 0.15) is 61.0 Å². The fourth-order valence-electron chi connectivity index (χ4n) is 4.01. The predicted molar refractivity (Wildman–Crippen MR) is 105 cm³/mol. The minimum atomic E-state index is -0.646. The lowest BCUT2D eigenvalue weighted by Crippen LogP contribution is -2.48. The van der Waals surface area contributed by atoms with Crippen molar-refractivity contribution in [3.05, 3.63) is 17.5 Å². The number of primary amides is 1. The molecular weight excluding hydrogens is 386 g/mol. The van der Waals surface area contributed by atoms with Crippen molar-refractivity contribution in [2.24, 2.45) is 17.6 Å². The van der Waals surface area contributed by atoms with Gasteiger partial charge in [-0.25, -0.2) is 4.79 Å². The first-order valence-corrected chi connectivity index (χ1v) is 10.6. The number of rotatable bonds is 8. The van der Waals surface area contributed by atoms with Crippen LogP contribution in [0.2, 0.25) is 0 Å². The van der Waals surface area contributed by atoms with Crippen LogP contribution in [0.5, 0.6) is 0 Å². The van der Waals surface area contributed by atoms with Gasteiger partial charge in [-0.15, -0.1) is 0 Å². The number of nitrogens with zero attached hydrogens (tertiary/aromatic N) is 4. The van der Waals surface area contributed by atoms with E-state index in [4.69, 9.17) is 10.5 Å². The van der Waals surface area contributed by atoms with Crippen LogP contribution >= 0.6 is 0 Å². The van der Waals surface area contributed by atoms with Crippen molar-refractivity contribution in [3.8, 4) is 6.07 Å². The first-order valence-electron chi connectivity index (χ1n) is 10.6. The lowest BCUT2D eigenvalue weighted by molar-refractivity contribution is -0.119. The number of carbonyl (C=O) groups excluding carboxylic acids is 3. The Hall–Kier alpha value is -2.89. The van der Waals surface area contributed by atoms with E-state index in [-0.39, 0.29) is 36.2 Å². The molecule has 0 atom stereocenters. The van der Waals surface area contributed by atoms with Gasteiger partial charge in [-0.3, -0.25) is 14.3 Å². The number of ether oxygens (including phenoxy) is 1. The van der Waals surface area contributed by atoms with Crippen LogP contribution in [0, 0.1) is 23.2 Å². The molecule has 0 aromatic carbocycles. The summed E-state index contributed by atoms with van der Waals surface area (Å²) in [4.78, 5) is 38.2. The molecule has 2 heterocycles. The molecule has 0 spiro atoms. The first-order chi connectivity index (χ1) is 14.4. The molecule has 0 unspecified atom stereocenters. The van der Waals surface area contributed by atoms with Gasteiger partial charge in [0, 0.05) is 25.2 Å². The van der Waals surface area contributed by atoms with Crippen molar-refractivity contribution in [3.63, 3.8) is 0 Å². The number of carbonyl (C=O) groups is 3. The van der Waals surface area contributed by atoms with Gasteiger partial charge in [0.2, 0.25) is 0 Å². The van der Waals surface area contributed by atoms with Gasteiger partial charge in [-0.05, 0) is 44.4 Å². The summed E-state index contributed by atoms with van der Waals surface area (Å²) in [5.41, 5.74) is 5.49. The minimum Gasteiger partial charge on any atom is -0.449 e. The van der Waals surface area contributed by atoms with Crippen molar-refractivity contribution in [2.45, 2.75) is 56.9 Å². The Morgan fingerprint density at radius 1 is 1.23 bits per heavy atom. The molecule has 1 saturated heterocycles. The molecule has 4 rings (SSSR count). The van der Waals surface area contributed by atoms with Gasteiger partial charge in [-0.1, -0.05) is 0 Å². The van der Waals surface area contributed by atoms with Crippen molar-refractivity contribution in [2.75, 3.05) is 19.7 Å². The highest BCUT2D eigenvalue weighted by molar-refractivity contribution is 5.95. The van der Waals surface area contributed by atoms with Crippen molar-refractivity contribution in [1.29, 1.82) is 5.26 Å². The highest BCUT2D eigenvalue weighted by Gasteiger charge is 2.40. The summed E-state index contributed by atoms with van der Waals surface area (Å²) in [5.74, 6) is 0.0108. The minimum absolute atomic E-state index is 0.0637. The zero-order chi connectivity index (χ0) is 21.3. The summed E-state index contributed by atoms with van der Waals surface area (Å²) >= 11 is 0.